The fraction of sp³-hybridized carbons (Fsp3) is 0.106. The van der Waals surface area contributed by atoms with Crippen LogP contribution in [0.5, 0.6) is 0 Å². The predicted molar refractivity (Wildman–Crippen MR) is 209 cm³/mol. The first-order valence-corrected chi connectivity index (χ1v) is 17.8. The van der Waals surface area contributed by atoms with Gasteiger partial charge in [-0.05, 0) is 71.8 Å². The zero-order chi connectivity index (χ0) is 33.9. The van der Waals surface area contributed by atoms with E-state index in [1.165, 1.54) is 27.9 Å². The first-order valence-electron chi connectivity index (χ1n) is 17.8. The molecule has 0 saturated carbocycles. The second kappa shape index (κ2) is 11.7. The SMILES string of the molecule is CC12c3ccccc3-c3c(oc4ccccc34)C1N(c1cccc(C3=N/C(c4ccccc4)=C\CC/C(c4ccccc4)=N\3)c1)c1ccccc12. The number of allylic oxidation sites excluding steroid dienone is 1. The van der Waals surface area contributed by atoms with Gasteiger partial charge in [0.25, 0.3) is 0 Å². The minimum atomic E-state index is -0.357. The summed E-state index contributed by atoms with van der Waals surface area (Å²) in [5.74, 6) is 1.71. The van der Waals surface area contributed by atoms with Crippen LogP contribution in [0.15, 0.2) is 178 Å². The van der Waals surface area contributed by atoms with Gasteiger partial charge in [0.05, 0.1) is 11.4 Å². The van der Waals surface area contributed by atoms with Crippen molar-refractivity contribution >= 4 is 39.6 Å². The molecule has 0 fully saturated rings. The number of rotatable bonds is 4. The van der Waals surface area contributed by atoms with Gasteiger partial charge in [-0.25, -0.2) is 9.98 Å². The molecule has 0 amide bonds. The smallest absolute Gasteiger partial charge is 0.160 e. The molecule has 1 aromatic heterocycles. The van der Waals surface area contributed by atoms with Crippen molar-refractivity contribution in [1.29, 1.82) is 0 Å². The molecule has 0 bridgehead atoms. The molecular formula is C47H35N3O. The quantitative estimate of drug-likeness (QED) is 0.189. The van der Waals surface area contributed by atoms with E-state index in [4.69, 9.17) is 14.4 Å². The molecule has 4 heteroatoms. The monoisotopic (exact) mass is 657 g/mol. The maximum atomic E-state index is 6.92. The fourth-order valence-corrected chi connectivity index (χ4v) is 8.58. The van der Waals surface area contributed by atoms with Gasteiger partial charge in [0.2, 0.25) is 0 Å². The number of furan rings is 1. The molecule has 0 radical (unpaired) electrons. The Hall–Kier alpha value is -6.26. The van der Waals surface area contributed by atoms with Crippen LogP contribution < -0.4 is 4.90 Å². The lowest BCUT2D eigenvalue weighted by molar-refractivity contribution is 0.400. The highest BCUT2D eigenvalue weighted by Crippen LogP contribution is 2.64. The molecule has 2 atom stereocenters. The molecule has 6 aromatic carbocycles. The van der Waals surface area contributed by atoms with Gasteiger partial charge in [0.15, 0.2) is 5.84 Å². The minimum absolute atomic E-state index is 0.107. The Morgan fingerprint density at radius 2 is 1.33 bits per heavy atom. The van der Waals surface area contributed by atoms with E-state index in [9.17, 15) is 0 Å². The third kappa shape index (κ3) is 4.60. The average Bonchev–Trinajstić information content (AvgIpc) is 3.69. The van der Waals surface area contributed by atoms with Gasteiger partial charge in [-0.2, -0.15) is 0 Å². The molecule has 4 nitrogen and oxygen atoms in total. The van der Waals surface area contributed by atoms with Crippen LogP contribution in [-0.4, -0.2) is 11.5 Å². The normalized spacial score (nSPS) is 22.2. The molecule has 3 heterocycles. The Bertz CT molecular complexity index is 2560. The highest BCUT2D eigenvalue weighted by molar-refractivity contribution is 6.14. The lowest BCUT2D eigenvalue weighted by Crippen LogP contribution is -2.37. The van der Waals surface area contributed by atoms with E-state index in [1.807, 2.05) is 6.07 Å². The Balaban J connectivity index is 1.18. The molecule has 7 aromatic rings. The average molecular weight is 658 g/mol. The van der Waals surface area contributed by atoms with Gasteiger partial charge in [0.1, 0.15) is 17.4 Å². The highest BCUT2D eigenvalue weighted by atomic mass is 16.3. The Morgan fingerprint density at radius 1 is 0.647 bits per heavy atom. The number of hydrogen-bond donors (Lipinski definition) is 0. The summed E-state index contributed by atoms with van der Waals surface area (Å²) < 4.78 is 6.92. The molecule has 244 valence electrons. The maximum absolute atomic E-state index is 6.92. The van der Waals surface area contributed by atoms with Crippen molar-refractivity contribution in [2.75, 3.05) is 4.90 Å². The number of hydrogen-bond acceptors (Lipinski definition) is 4. The first-order chi connectivity index (χ1) is 25.2. The van der Waals surface area contributed by atoms with E-state index in [0.29, 0.717) is 5.84 Å². The molecule has 2 aliphatic heterocycles. The van der Waals surface area contributed by atoms with Gasteiger partial charge in [-0.3, -0.25) is 0 Å². The van der Waals surface area contributed by atoms with Crippen LogP contribution in [0.25, 0.3) is 27.8 Å². The summed E-state index contributed by atoms with van der Waals surface area (Å²) in [5, 5.41) is 1.15. The predicted octanol–water partition coefficient (Wildman–Crippen LogP) is 11.7. The van der Waals surface area contributed by atoms with Crippen molar-refractivity contribution < 1.29 is 4.42 Å². The Labute approximate surface area is 297 Å². The van der Waals surface area contributed by atoms with Crippen molar-refractivity contribution in [2.24, 2.45) is 9.98 Å². The molecule has 3 aliphatic rings. The van der Waals surface area contributed by atoms with Gasteiger partial charge >= 0.3 is 0 Å². The molecule has 0 saturated heterocycles. The van der Waals surface area contributed by atoms with Gasteiger partial charge in [0, 0.05) is 33.3 Å². The second-order valence-electron chi connectivity index (χ2n) is 13.8. The number of fused-ring (bicyclic) bond motifs is 10. The van der Waals surface area contributed by atoms with Crippen LogP contribution in [0, 0.1) is 0 Å². The summed E-state index contributed by atoms with van der Waals surface area (Å²) in [6.45, 7) is 2.39. The van der Waals surface area contributed by atoms with E-state index >= 15 is 0 Å². The minimum Gasteiger partial charge on any atom is -0.458 e. The molecule has 2 unspecified atom stereocenters. The largest absolute Gasteiger partial charge is 0.458 e. The number of amidine groups is 1. The summed E-state index contributed by atoms with van der Waals surface area (Å²) in [6.07, 6.45) is 3.94. The number of aliphatic imine (C=N–C) groups is 2. The molecule has 51 heavy (non-hydrogen) atoms. The number of para-hydroxylation sites is 2. The van der Waals surface area contributed by atoms with E-state index in [1.54, 1.807) is 0 Å². The number of benzene rings is 6. The second-order valence-corrected chi connectivity index (χ2v) is 13.8. The summed E-state index contributed by atoms with van der Waals surface area (Å²) in [5.41, 5.74) is 13.0. The summed E-state index contributed by atoms with van der Waals surface area (Å²) in [6, 6.07) is 55.8. The van der Waals surface area contributed by atoms with Crippen LogP contribution in [0.3, 0.4) is 0 Å². The zero-order valence-corrected chi connectivity index (χ0v) is 28.3. The third-order valence-corrected chi connectivity index (χ3v) is 10.9. The number of nitrogens with zero attached hydrogens (tertiary/aromatic N) is 3. The lowest BCUT2D eigenvalue weighted by atomic mass is 9.65. The molecule has 0 N–H and O–H groups in total. The Morgan fingerprint density at radius 3 is 2.18 bits per heavy atom. The lowest BCUT2D eigenvalue weighted by Gasteiger charge is -2.41. The van der Waals surface area contributed by atoms with E-state index < -0.39 is 0 Å². The molecule has 1 aliphatic carbocycles. The summed E-state index contributed by atoms with van der Waals surface area (Å²) in [4.78, 5) is 13.1. The maximum Gasteiger partial charge on any atom is 0.160 e. The van der Waals surface area contributed by atoms with Crippen molar-refractivity contribution in [2.45, 2.75) is 31.2 Å². The topological polar surface area (TPSA) is 41.1 Å². The molecule has 0 spiro atoms. The van der Waals surface area contributed by atoms with Gasteiger partial charge in [-0.15, -0.1) is 0 Å². The standard InChI is InChI=1S/C47H35N3O/c1-47-37-24-10-8-22-35(37)43-36-23-9-13-29-42(36)51-44(43)45(47)50(41-28-12-11-25-38(41)47)34-21-14-20-33(30-34)46-48-39(31-16-4-2-5-17-31)26-15-27-40(49-46)32-18-6-3-7-19-32/h2-14,16-26,28-30,45H,15,27H2,1H3/b39-26-,48-46-,49-40+. The fourth-order valence-electron chi connectivity index (χ4n) is 8.58. The number of anilines is 2. The van der Waals surface area contributed by atoms with E-state index in [0.717, 1.165) is 63.4 Å². The highest BCUT2D eigenvalue weighted by Gasteiger charge is 2.56. The van der Waals surface area contributed by atoms with Crippen LogP contribution in [0.2, 0.25) is 0 Å². The first kappa shape index (κ1) is 29.6. The van der Waals surface area contributed by atoms with Crippen LogP contribution in [0.4, 0.5) is 11.4 Å². The summed E-state index contributed by atoms with van der Waals surface area (Å²) in [7, 11) is 0. The van der Waals surface area contributed by atoms with Crippen molar-refractivity contribution in [3.63, 3.8) is 0 Å². The third-order valence-electron chi connectivity index (χ3n) is 10.9. The van der Waals surface area contributed by atoms with Crippen LogP contribution in [0.1, 0.15) is 59.4 Å². The van der Waals surface area contributed by atoms with Gasteiger partial charge < -0.3 is 9.32 Å². The summed E-state index contributed by atoms with van der Waals surface area (Å²) >= 11 is 0. The van der Waals surface area contributed by atoms with Gasteiger partial charge in [-0.1, -0.05) is 140 Å². The van der Waals surface area contributed by atoms with Crippen LogP contribution >= 0.6 is 0 Å². The van der Waals surface area contributed by atoms with Crippen molar-refractivity contribution in [3.8, 4) is 11.1 Å². The van der Waals surface area contributed by atoms with Crippen molar-refractivity contribution in [3.05, 3.63) is 197 Å². The van der Waals surface area contributed by atoms with E-state index in [2.05, 4.69) is 170 Å². The molecule has 10 rings (SSSR count). The van der Waals surface area contributed by atoms with Crippen LogP contribution in [-0.2, 0) is 5.41 Å². The van der Waals surface area contributed by atoms with Crippen molar-refractivity contribution in [1.82, 2.24) is 0 Å². The van der Waals surface area contributed by atoms with E-state index in [-0.39, 0.29) is 11.5 Å². The molecular weight excluding hydrogens is 623 g/mol. The zero-order valence-electron chi connectivity index (χ0n) is 28.3. The Kier molecular flexibility index (Phi) is 6.78.